The maximum Gasteiger partial charge on any atom is 0.330 e. The number of nitrogens with one attached hydrogen (secondary N) is 1. The fourth-order valence-electron chi connectivity index (χ4n) is 2.31. The highest BCUT2D eigenvalue weighted by Gasteiger charge is 2.45. The Morgan fingerprint density at radius 2 is 2.18 bits per heavy atom. The Bertz CT molecular complexity index is 628. The molecule has 1 aliphatic heterocycles. The third-order valence-corrected chi connectivity index (χ3v) is 4.14. The highest BCUT2D eigenvalue weighted by Crippen LogP contribution is 2.30. The highest BCUT2D eigenvalue weighted by molar-refractivity contribution is 14.1. The number of methoxy groups -OCH3 is 1. The van der Waals surface area contributed by atoms with E-state index in [1.165, 1.54) is 13.3 Å². The van der Waals surface area contributed by atoms with E-state index in [4.69, 9.17) is 14.2 Å². The van der Waals surface area contributed by atoms with Crippen molar-refractivity contribution in [1.29, 1.82) is 0 Å². The van der Waals surface area contributed by atoms with Gasteiger partial charge >= 0.3 is 5.69 Å². The number of rotatable bonds is 5. The van der Waals surface area contributed by atoms with Crippen molar-refractivity contribution in [2.24, 2.45) is 0 Å². The summed E-state index contributed by atoms with van der Waals surface area (Å²) in [6.45, 7) is 4.01. The average molecular weight is 426 g/mol. The fourth-order valence-corrected chi connectivity index (χ4v) is 2.75. The number of H-pyrrole nitrogens is 1. The van der Waals surface area contributed by atoms with Crippen molar-refractivity contribution in [3.8, 4) is 0 Å². The molecule has 4 atom stereocenters. The topological polar surface area (TPSA) is 103 Å². The third kappa shape index (κ3) is 3.59. The molecule has 0 aliphatic carbocycles. The van der Waals surface area contributed by atoms with Gasteiger partial charge in [0.2, 0.25) is 0 Å². The number of hydrogen-bond acceptors (Lipinski definition) is 6. The molecule has 0 spiro atoms. The first-order valence-electron chi connectivity index (χ1n) is 6.84. The maximum absolute atomic E-state index is 11.9. The number of aliphatic hydroxyl groups excluding tert-OH is 1. The van der Waals surface area contributed by atoms with Gasteiger partial charge in [0, 0.05) is 13.3 Å². The van der Waals surface area contributed by atoms with Crippen molar-refractivity contribution in [2.75, 3.05) is 13.7 Å². The molecule has 0 radical (unpaired) electrons. The van der Waals surface area contributed by atoms with Gasteiger partial charge in [-0.3, -0.25) is 14.3 Å². The Hall–Kier alpha value is -0.750. The molecule has 1 fully saturated rings. The lowest BCUT2D eigenvalue weighted by atomic mass is 10.1. The van der Waals surface area contributed by atoms with Gasteiger partial charge in [0.05, 0.1) is 16.3 Å². The van der Waals surface area contributed by atoms with Gasteiger partial charge < -0.3 is 19.3 Å². The van der Waals surface area contributed by atoms with Gasteiger partial charge in [0.1, 0.15) is 18.3 Å². The number of halogens is 1. The van der Waals surface area contributed by atoms with Crippen LogP contribution in [0.4, 0.5) is 0 Å². The minimum absolute atomic E-state index is 0.00838. The SMILES string of the molecule is COC1C(O)[C@H](n2cc(I)c(=O)[nH]c2=O)O[C@@H]1COC(C)C. The Morgan fingerprint density at radius 3 is 2.77 bits per heavy atom. The molecular formula is C13H19IN2O6. The predicted molar refractivity (Wildman–Crippen MR) is 85.8 cm³/mol. The molecule has 9 heteroatoms. The van der Waals surface area contributed by atoms with E-state index in [-0.39, 0.29) is 12.7 Å². The Labute approximate surface area is 140 Å². The molecule has 1 saturated heterocycles. The smallest absolute Gasteiger partial charge is 0.330 e. The Balaban J connectivity index is 2.27. The first-order chi connectivity index (χ1) is 10.3. The molecule has 2 heterocycles. The summed E-state index contributed by atoms with van der Waals surface area (Å²) < 4.78 is 18.0. The molecule has 0 aromatic carbocycles. The number of nitrogens with zero attached hydrogens (tertiary/aromatic N) is 1. The van der Waals surface area contributed by atoms with Crippen molar-refractivity contribution in [3.05, 3.63) is 30.6 Å². The third-order valence-electron chi connectivity index (χ3n) is 3.37. The van der Waals surface area contributed by atoms with Gasteiger partial charge in [-0.15, -0.1) is 0 Å². The van der Waals surface area contributed by atoms with E-state index in [0.29, 0.717) is 3.57 Å². The zero-order valence-corrected chi connectivity index (χ0v) is 14.6. The molecule has 1 aromatic rings. The van der Waals surface area contributed by atoms with E-state index in [1.807, 2.05) is 36.4 Å². The van der Waals surface area contributed by atoms with E-state index in [9.17, 15) is 14.7 Å². The Kier molecular flexibility index (Phi) is 5.77. The van der Waals surface area contributed by atoms with Gasteiger partial charge in [0.15, 0.2) is 6.23 Å². The summed E-state index contributed by atoms with van der Waals surface area (Å²) in [6.07, 6.45) is -1.76. The van der Waals surface area contributed by atoms with Crippen molar-refractivity contribution >= 4 is 22.6 Å². The summed E-state index contributed by atoms with van der Waals surface area (Å²) in [7, 11) is 1.46. The van der Waals surface area contributed by atoms with E-state index < -0.39 is 35.8 Å². The minimum Gasteiger partial charge on any atom is -0.386 e. The van der Waals surface area contributed by atoms with Crippen molar-refractivity contribution in [2.45, 2.75) is 44.5 Å². The van der Waals surface area contributed by atoms with Crippen molar-refractivity contribution < 1.29 is 19.3 Å². The first kappa shape index (κ1) is 17.6. The fraction of sp³-hybridized carbons (Fsp3) is 0.692. The molecule has 124 valence electrons. The summed E-state index contributed by atoms with van der Waals surface area (Å²) in [6, 6.07) is 0. The molecule has 1 aromatic heterocycles. The summed E-state index contributed by atoms with van der Waals surface area (Å²) in [5.41, 5.74) is -1.12. The van der Waals surface area contributed by atoms with Crippen LogP contribution in [0, 0.1) is 3.57 Å². The van der Waals surface area contributed by atoms with Crippen molar-refractivity contribution in [1.82, 2.24) is 9.55 Å². The number of aliphatic hydroxyl groups is 1. The number of aromatic nitrogens is 2. The van der Waals surface area contributed by atoms with E-state index in [0.717, 1.165) is 4.57 Å². The maximum atomic E-state index is 11.9. The number of hydrogen-bond donors (Lipinski definition) is 2. The van der Waals surface area contributed by atoms with Crippen LogP contribution < -0.4 is 11.2 Å². The van der Waals surface area contributed by atoms with Crippen LogP contribution in [-0.2, 0) is 14.2 Å². The molecule has 1 aliphatic rings. The summed E-state index contributed by atoms with van der Waals surface area (Å²) in [5.74, 6) is 0. The van der Waals surface area contributed by atoms with Crippen LogP contribution in [0.3, 0.4) is 0 Å². The van der Waals surface area contributed by atoms with Crippen LogP contribution in [0.15, 0.2) is 15.8 Å². The van der Waals surface area contributed by atoms with E-state index in [2.05, 4.69) is 4.98 Å². The molecule has 0 amide bonds. The molecule has 2 N–H and O–H groups in total. The lowest BCUT2D eigenvalue weighted by Crippen LogP contribution is -2.39. The molecule has 8 nitrogen and oxygen atoms in total. The normalized spacial score (nSPS) is 28.5. The van der Waals surface area contributed by atoms with Crippen molar-refractivity contribution in [3.63, 3.8) is 0 Å². The average Bonchev–Trinajstić information content (AvgIpc) is 2.76. The van der Waals surface area contributed by atoms with Crippen LogP contribution in [0.2, 0.25) is 0 Å². The lowest BCUT2D eigenvalue weighted by molar-refractivity contribution is -0.0815. The zero-order valence-electron chi connectivity index (χ0n) is 12.5. The molecule has 2 unspecified atom stereocenters. The molecule has 2 rings (SSSR count). The van der Waals surface area contributed by atoms with Crippen LogP contribution in [0.25, 0.3) is 0 Å². The van der Waals surface area contributed by atoms with Gasteiger partial charge in [0.25, 0.3) is 5.56 Å². The summed E-state index contributed by atoms with van der Waals surface area (Å²) in [4.78, 5) is 25.5. The van der Waals surface area contributed by atoms with Crippen LogP contribution in [0.1, 0.15) is 20.1 Å². The molecular weight excluding hydrogens is 407 g/mol. The van der Waals surface area contributed by atoms with Crippen LogP contribution in [0.5, 0.6) is 0 Å². The lowest BCUT2D eigenvalue weighted by Gasteiger charge is -2.19. The largest absolute Gasteiger partial charge is 0.386 e. The zero-order chi connectivity index (χ0) is 16.4. The number of ether oxygens (including phenoxy) is 3. The van der Waals surface area contributed by atoms with Gasteiger partial charge in [-0.05, 0) is 36.4 Å². The summed E-state index contributed by atoms with van der Waals surface area (Å²) >= 11 is 1.81. The van der Waals surface area contributed by atoms with E-state index in [1.54, 1.807) is 0 Å². The molecule has 0 saturated carbocycles. The summed E-state index contributed by atoms with van der Waals surface area (Å²) in [5, 5.41) is 10.4. The van der Waals surface area contributed by atoms with Crippen LogP contribution in [-0.4, -0.2) is 52.8 Å². The second-order valence-electron chi connectivity index (χ2n) is 5.28. The van der Waals surface area contributed by atoms with Gasteiger partial charge in [-0.1, -0.05) is 0 Å². The second-order valence-corrected chi connectivity index (χ2v) is 6.44. The minimum atomic E-state index is -1.05. The van der Waals surface area contributed by atoms with Gasteiger partial charge in [-0.2, -0.15) is 0 Å². The first-order valence-corrected chi connectivity index (χ1v) is 7.92. The van der Waals surface area contributed by atoms with Crippen LogP contribution >= 0.6 is 22.6 Å². The number of aromatic amines is 1. The standard InChI is InChI=1S/C13H19IN2O6/c1-6(2)21-5-8-10(20-3)9(17)12(22-8)16-4-7(14)11(18)15-13(16)19/h4,6,8-10,12,17H,5H2,1-3H3,(H,15,18,19)/t8-,9?,10?,12-/m1/s1. The predicted octanol–water partition coefficient (Wildman–Crippen LogP) is -0.161. The monoisotopic (exact) mass is 426 g/mol. The van der Waals surface area contributed by atoms with E-state index >= 15 is 0 Å². The highest BCUT2D eigenvalue weighted by atomic mass is 127. The quantitative estimate of drug-likeness (QED) is 0.635. The molecule has 22 heavy (non-hydrogen) atoms. The molecule has 0 bridgehead atoms. The Morgan fingerprint density at radius 1 is 1.50 bits per heavy atom. The van der Waals surface area contributed by atoms with Gasteiger partial charge in [-0.25, -0.2) is 4.79 Å². The second kappa shape index (κ2) is 7.21.